The van der Waals surface area contributed by atoms with Gasteiger partial charge in [0.25, 0.3) is 5.91 Å². The Bertz CT molecular complexity index is 740. The molecule has 3 rings (SSSR count). The zero-order chi connectivity index (χ0) is 15.0. The van der Waals surface area contributed by atoms with Crippen LogP contribution in [0.3, 0.4) is 0 Å². The van der Waals surface area contributed by atoms with Crippen molar-refractivity contribution in [1.29, 1.82) is 0 Å². The lowest BCUT2D eigenvalue weighted by atomic mass is 10.1. The Morgan fingerprint density at radius 3 is 2.62 bits per heavy atom. The minimum atomic E-state index is -0.956. The molecule has 0 fully saturated rings. The topological polar surface area (TPSA) is 70.5 Å². The lowest BCUT2D eigenvalue weighted by Gasteiger charge is -2.14. The van der Waals surface area contributed by atoms with Gasteiger partial charge in [0.2, 0.25) is 0 Å². The summed E-state index contributed by atoms with van der Waals surface area (Å²) in [4.78, 5) is 29.3. The van der Waals surface area contributed by atoms with E-state index in [1.165, 1.54) is 0 Å². The number of carbonyl (C=O) groups is 2. The van der Waals surface area contributed by atoms with Gasteiger partial charge < -0.3 is 10.0 Å². The van der Waals surface area contributed by atoms with Crippen molar-refractivity contribution in [3.05, 3.63) is 64.5 Å². The zero-order valence-corrected chi connectivity index (χ0v) is 11.5. The number of aromatic carboxylic acids is 1. The Morgan fingerprint density at radius 2 is 1.90 bits per heavy atom. The number of aryl methyl sites for hydroxylation is 1. The summed E-state index contributed by atoms with van der Waals surface area (Å²) in [5, 5.41) is 9.01. The summed E-state index contributed by atoms with van der Waals surface area (Å²) >= 11 is 0. The van der Waals surface area contributed by atoms with Crippen LogP contribution in [-0.4, -0.2) is 26.9 Å². The van der Waals surface area contributed by atoms with Gasteiger partial charge in [-0.05, 0) is 42.3 Å². The molecular formula is C16H14N2O3. The molecule has 106 valence electrons. The predicted octanol–water partition coefficient (Wildman–Crippen LogP) is 2.24. The summed E-state index contributed by atoms with van der Waals surface area (Å²) in [6.07, 6.45) is 0. The molecule has 21 heavy (non-hydrogen) atoms. The fourth-order valence-electron chi connectivity index (χ4n) is 2.50. The number of pyridine rings is 1. The molecule has 1 N–H and O–H groups in total. The second-order valence-electron chi connectivity index (χ2n) is 5.11. The van der Waals surface area contributed by atoms with Gasteiger partial charge in [-0.25, -0.2) is 9.78 Å². The summed E-state index contributed by atoms with van der Waals surface area (Å²) in [5.41, 5.74) is 3.33. The average Bonchev–Trinajstić information content (AvgIpc) is 2.89. The fraction of sp³-hybridized carbons (Fsp3) is 0.188. The van der Waals surface area contributed by atoms with Gasteiger partial charge in [-0.15, -0.1) is 0 Å². The molecule has 1 aliphatic rings. The smallest absolute Gasteiger partial charge is 0.335 e. The van der Waals surface area contributed by atoms with Crippen LogP contribution in [0.1, 0.15) is 37.7 Å². The third-order valence-electron chi connectivity index (χ3n) is 3.57. The first-order valence-corrected chi connectivity index (χ1v) is 6.62. The van der Waals surface area contributed by atoms with Crippen LogP contribution in [0.5, 0.6) is 0 Å². The number of carboxylic acid groups (broad SMARTS) is 1. The summed E-state index contributed by atoms with van der Waals surface area (Å²) in [5.74, 6) is -1.09. The molecule has 0 bridgehead atoms. The minimum absolute atomic E-state index is 0.133. The highest BCUT2D eigenvalue weighted by Gasteiger charge is 2.25. The molecule has 2 heterocycles. The second kappa shape index (κ2) is 5.01. The van der Waals surface area contributed by atoms with Gasteiger partial charge in [0.05, 0.1) is 5.56 Å². The van der Waals surface area contributed by atoms with Crippen LogP contribution < -0.4 is 0 Å². The van der Waals surface area contributed by atoms with Crippen LogP contribution >= 0.6 is 0 Å². The van der Waals surface area contributed by atoms with E-state index in [4.69, 9.17) is 5.11 Å². The standard InChI is InChI=1S/C16H14N2O3/c1-10-3-2-4-14(17-10)15(19)18-8-12-6-5-11(16(20)21)7-13(12)9-18/h2-7H,8-9H2,1H3,(H,20,21). The van der Waals surface area contributed by atoms with E-state index in [1.807, 2.05) is 13.0 Å². The number of hydrogen-bond acceptors (Lipinski definition) is 3. The van der Waals surface area contributed by atoms with E-state index in [1.54, 1.807) is 35.2 Å². The number of carbonyl (C=O) groups excluding carboxylic acids is 1. The molecule has 5 nitrogen and oxygen atoms in total. The van der Waals surface area contributed by atoms with Gasteiger partial charge in [0.1, 0.15) is 5.69 Å². The lowest BCUT2D eigenvalue weighted by Crippen LogP contribution is -2.26. The van der Waals surface area contributed by atoms with Crippen molar-refractivity contribution in [3.8, 4) is 0 Å². The molecule has 0 radical (unpaired) electrons. The molecule has 2 aromatic rings. The number of carboxylic acids is 1. The summed E-state index contributed by atoms with van der Waals surface area (Å²) in [6.45, 7) is 2.75. The van der Waals surface area contributed by atoms with Gasteiger partial charge in [0.15, 0.2) is 0 Å². The molecule has 0 aliphatic carbocycles. The quantitative estimate of drug-likeness (QED) is 0.917. The van der Waals surface area contributed by atoms with Gasteiger partial charge in [0, 0.05) is 18.8 Å². The van der Waals surface area contributed by atoms with E-state index < -0.39 is 5.97 Å². The Balaban J connectivity index is 1.84. The highest BCUT2D eigenvalue weighted by atomic mass is 16.4. The molecule has 0 saturated heterocycles. The molecule has 0 saturated carbocycles. The third-order valence-corrected chi connectivity index (χ3v) is 3.57. The van der Waals surface area contributed by atoms with Crippen molar-refractivity contribution in [2.75, 3.05) is 0 Å². The Labute approximate surface area is 121 Å². The first-order chi connectivity index (χ1) is 10.0. The second-order valence-corrected chi connectivity index (χ2v) is 5.11. The summed E-state index contributed by atoms with van der Waals surface area (Å²) in [6, 6.07) is 10.3. The maximum absolute atomic E-state index is 12.4. The first-order valence-electron chi connectivity index (χ1n) is 6.62. The van der Waals surface area contributed by atoms with E-state index in [0.717, 1.165) is 16.8 Å². The maximum atomic E-state index is 12.4. The SMILES string of the molecule is Cc1cccc(C(=O)N2Cc3ccc(C(=O)O)cc3C2)n1. The maximum Gasteiger partial charge on any atom is 0.335 e. The molecule has 5 heteroatoms. The van der Waals surface area contributed by atoms with Crippen LogP contribution in [0.15, 0.2) is 36.4 Å². The highest BCUT2D eigenvalue weighted by molar-refractivity contribution is 5.93. The number of hydrogen-bond donors (Lipinski definition) is 1. The molecule has 1 aromatic heterocycles. The fourth-order valence-corrected chi connectivity index (χ4v) is 2.50. The van der Waals surface area contributed by atoms with Crippen LogP contribution in [0.25, 0.3) is 0 Å². The third kappa shape index (κ3) is 2.50. The Hall–Kier alpha value is -2.69. The number of fused-ring (bicyclic) bond motifs is 1. The molecular weight excluding hydrogens is 268 g/mol. The van der Waals surface area contributed by atoms with Gasteiger partial charge in [-0.2, -0.15) is 0 Å². The Morgan fingerprint density at radius 1 is 1.14 bits per heavy atom. The van der Waals surface area contributed by atoms with Crippen molar-refractivity contribution >= 4 is 11.9 Å². The van der Waals surface area contributed by atoms with E-state index in [2.05, 4.69) is 4.98 Å². The molecule has 1 aromatic carbocycles. The van der Waals surface area contributed by atoms with Gasteiger partial charge >= 0.3 is 5.97 Å². The zero-order valence-electron chi connectivity index (χ0n) is 11.5. The number of benzene rings is 1. The number of amides is 1. The van der Waals surface area contributed by atoms with Crippen molar-refractivity contribution in [2.45, 2.75) is 20.0 Å². The number of rotatable bonds is 2. The summed E-state index contributed by atoms with van der Waals surface area (Å²) in [7, 11) is 0. The molecule has 1 aliphatic heterocycles. The van der Waals surface area contributed by atoms with Crippen molar-refractivity contribution in [3.63, 3.8) is 0 Å². The monoisotopic (exact) mass is 282 g/mol. The van der Waals surface area contributed by atoms with E-state index in [0.29, 0.717) is 18.8 Å². The van der Waals surface area contributed by atoms with Crippen molar-refractivity contribution < 1.29 is 14.7 Å². The largest absolute Gasteiger partial charge is 0.478 e. The Kier molecular flexibility index (Phi) is 3.17. The molecule has 0 atom stereocenters. The number of aromatic nitrogens is 1. The normalized spacial score (nSPS) is 13.1. The van der Waals surface area contributed by atoms with Crippen molar-refractivity contribution in [1.82, 2.24) is 9.88 Å². The van der Waals surface area contributed by atoms with E-state index in [-0.39, 0.29) is 11.5 Å². The average molecular weight is 282 g/mol. The minimum Gasteiger partial charge on any atom is -0.478 e. The van der Waals surface area contributed by atoms with E-state index >= 15 is 0 Å². The lowest BCUT2D eigenvalue weighted by molar-refractivity contribution is 0.0696. The molecule has 0 spiro atoms. The first kappa shape index (κ1) is 13.3. The van der Waals surface area contributed by atoms with Crippen LogP contribution in [0, 0.1) is 6.92 Å². The van der Waals surface area contributed by atoms with Gasteiger partial charge in [-0.1, -0.05) is 12.1 Å². The highest BCUT2D eigenvalue weighted by Crippen LogP contribution is 2.25. The van der Waals surface area contributed by atoms with Crippen molar-refractivity contribution in [2.24, 2.45) is 0 Å². The molecule has 1 amide bonds. The van der Waals surface area contributed by atoms with Crippen LogP contribution in [-0.2, 0) is 13.1 Å². The van der Waals surface area contributed by atoms with Gasteiger partial charge in [-0.3, -0.25) is 4.79 Å². The van der Waals surface area contributed by atoms with Crippen LogP contribution in [0.4, 0.5) is 0 Å². The predicted molar refractivity (Wildman–Crippen MR) is 76.0 cm³/mol. The van der Waals surface area contributed by atoms with E-state index in [9.17, 15) is 9.59 Å². The summed E-state index contributed by atoms with van der Waals surface area (Å²) < 4.78 is 0. The molecule has 0 unspecified atom stereocenters. The number of nitrogens with zero attached hydrogens (tertiary/aromatic N) is 2. The van der Waals surface area contributed by atoms with Crippen LogP contribution in [0.2, 0.25) is 0 Å².